The lowest BCUT2D eigenvalue weighted by Gasteiger charge is -2.23. The molecule has 2 aliphatic rings. The standard InChI is InChI=1S/C13H20N2O/c14-10-13(7-3-1-2-4-8-13)12(16)15-9-11-5-6-11/h11H,1-9H2,(H,15,16). The van der Waals surface area contributed by atoms with Crippen LogP contribution in [0.5, 0.6) is 0 Å². The Kier molecular flexibility index (Phi) is 3.48. The van der Waals surface area contributed by atoms with Crippen LogP contribution in [0.2, 0.25) is 0 Å². The molecule has 0 aromatic rings. The zero-order chi connectivity index (χ0) is 11.4. The van der Waals surface area contributed by atoms with Crippen molar-refractivity contribution in [3.05, 3.63) is 0 Å². The molecule has 2 aliphatic carbocycles. The van der Waals surface area contributed by atoms with Crippen molar-refractivity contribution in [1.82, 2.24) is 5.32 Å². The molecule has 0 radical (unpaired) electrons. The van der Waals surface area contributed by atoms with Crippen molar-refractivity contribution in [3.8, 4) is 6.07 Å². The third-order valence-corrected chi connectivity index (χ3v) is 3.85. The van der Waals surface area contributed by atoms with Crippen molar-refractivity contribution < 1.29 is 4.79 Å². The van der Waals surface area contributed by atoms with Crippen molar-refractivity contribution >= 4 is 5.91 Å². The van der Waals surface area contributed by atoms with Crippen LogP contribution in [-0.4, -0.2) is 12.5 Å². The van der Waals surface area contributed by atoms with E-state index in [1.165, 1.54) is 25.7 Å². The Labute approximate surface area is 97.2 Å². The van der Waals surface area contributed by atoms with E-state index < -0.39 is 5.41 Å². The zero-order valence-corrected chi connectivity index (χ0v) is 9.80. The lowest BCUT2D eigenvalue weighted by atomic mass is 9.81. The normalized spacial score (nSPS) is 24.2. The topological polar surface area (TPSA) is 52.9 Å². The second-order valence-corrected chi connectivity index (χ2v) is 5.26. The third-order valence-electron chi connectivity index (χ3n) is 3.85. The van der Waals surface area contributed by atoms with Crippen molar-refractivity contribution in [1.29, 1.82) is 5.26 Å². The number of carbonyl (C=O) groups is 1. The molecule has 2 rings (SSSR count). The molecule has 3 nitrogen and oxygen atoms in total. The van der Waals surface area contributed by atoms with Gasteiger partial charge in [0.2, 0.25) is 5.91 Å². The molecule has 0 unspecified atom stereocenters. The minimum absolute atomic E-state index is 0.0104. The minimum Gasteiger partial charge on any atom is -0.354 e. The monoisotopic (exact) mass is 220 g/mol. The highest BCUT2D eigenvalue weighted by Gasteiger charge is 2.39. The zero-order valence-electron chi connectivity index (χ0n) is 9.80. The van der Waals surface area contributed by atoms with Crippen LogP contribution < -0.4 is 5.32 Å². The van der Waals surface area contributed by atoms with Gasteiger partial charge in [0.1, 0.15) is 5.41 Å². The molecule has 0 bridgehead atoms. The largest absolute Gasteiger partial charge is 0.354 e. The summed E-state index contributed by atoms with van der Waals surface area (Å²) in [6, 6.07) is 2.29. The summed E-state index contributed by atoms with van der Waals surface area (Å²) >= 11 is 0. The average Bonchev–Trinajstić information content (AvgIpc) is 3.13. The molecule has 16 heavy (non-hydrogen) atoms. The van der Waals surface area contributed by atoms with Gasteiger partial charge < -0.3 is 5.32 Å². The molecule has 0 aromatic carbocycles. The lowest BCUT2D eigenvalue weighted by molar-refractivity contribution is -0.128. The second-order valence-electron chi connectivity index (χ2n) is 5.26. The summed E-state index contributed by atoms with van der Waals surface area (Å²) in [6.45, 7) is 0.780. The summed E-state index contributed by atoms with van der Waals surface area (Å²) in [6.07, 6.45) is 8.34. The van der Waals surface area contributed by atoms with Crippen LogP contribution in [0.1, 0.15) is 51.4 Å². The highest BCUT2D eigenvalue weighted by molar-refractivity contribution is 5.85. The number of hydrogen-bond acceptors (Lipinski definition) is 2. The maximum Gasteiger partial charge on any atom is 0.240 e. The van der Waals surface area contributed by atoms with E-state index in [2.05, 4.69) is 11.4 Å². The number of nitrogens with zero attached hydrogens (tertiary/aromatic N) is 1. The Morgan fingerprint density at radius 3 is 2.38 bits per heavy atom. The van der Waals surface area contributed by atoms with Crippen LogP contribution in [0.25, 0.3) is 0 Å². The summed E-state index contributed by atoms with van der Waals surface area (Å²) in [5.74, 6) is 0.675. The fourth-order valence-electron chi connectivity index (χ4n) is 2.45. The first-order valence-electron chi connectivity index (χ1n) is 6.46. The van der Waals surface area contributed by atoms with Gasteiger partial charge >= 0.3 is 0 Å². The van der Waals surface area contributed by atoms with E-state index in [1.54, 1.807) is 0 Å². The quantitative estimate of drug-likeness (QED) is 0.742. The molecule has 0 aromatic heterocycles. The van der Waals surface area contributed by atoms with Gasteiger partial charge in [-0.25, -0.2) is 0 Å². The Balaban J connectivity index is 1.94. The molecule has 0 heterocycles. The molecule has 3 heteroatoms. The fraction of sp³-hybridized carbons (Fsp3) is 0.846. The molecular formula is C13H20N2O. The maximum atomic E-state index is 12.1. The van der Waals surface area contributed by atoms with Crippen LogP contribution in [0.4, 0.5) is 0 Å². The van der Waals surface area contributed by atoms with E-state index in [4.69, 9.17) is 0 Å². The van der Waals surface area contributed by atoms with E-state index in [1.807, 2.05) is 0 Å². The van der Waals surface area contributed by atoms with Gasteiger partial charge in [-0.1, -0.05) is 25.7 Å². The Bertz CT molecular complexity index is 294. The SMILES string of the molecule is N#CC1(C(=O)NCC2CC2)CCCCCC1. The molecule has 0 saturated heterocycles. The van der Waals surface area contributed by atoms with Crippen LogP contribution in [0.15, 0.2) is 0 Å². The van der Waals surface area contributed by atoms with E-state index >= 15 is 0 Å². The Morgan fingerprint density at radius 1 is 1.25 bits per heavy atom. The van der Waals surface area contributed by atoms with Gasteiger partial charge in [-0.15, -0.1) is 0 Å². The Morgan fingerprint density at radius 2 is 1.88 bits per heavy atom. The fourth-order valence-corrected chi connectivity index (χ4v) is 2.45. The number of nitriles is 1. The summed E-state index contributed by atoms with van der Waals surface area (Å²) in [5, 5.41) is 12.3. The molecule has 0 aliphatic heterocycles. The van der Waals surface area contributed by atoms with Crippen molar-refractivity contribution in [2.75, 3.05) is 6.54 Å². The molecule has 1 N–H and O–H groups in total. The van der Waals surface area contributed by atoms with Crippen molar-refractivity contribution in [3.63, 3.8) is 0 Å². The summed E-state index contributed by atoms with van der Waals surface area (Å²) < 4.78 is 0. The van der Waals surface area contributed by atoms with Crippen LogP contribution in [0.3, 0.4) is 0 Å². The van der Waals surface area contributed by atoms with Crippen LogP contribution >= 0.6 is 0 Å². The van der Waals surface area contributed by atoms with Gasteiger partial charge in [0.15, 0.2) is 0 Å². The van der Waals surface area contributed by atoms with E-state index in [0.717, 1.165) is 32.2 Å². The number of carbonyl (C=O) groups excluding carboxylic acids is 1. The van der Waals surface area contributed by atoms with E-state index in [0.29, 0.717) is 5.92 Å². The lowest BCUT2D eigenvalue weighted by Crippen LogP contribution is -2.40. The van der Waals surface area contributed by atoms with Crippen LogP contribution in [0, 0.1) is 22.7 Å². The first kappa shape index (κ1) is 11.4. The van der Waals surface area contributed by atoms with Gasteiger partial charge in [0.25, 0.3) is 0 Å². The summed E-state index contributed by atoms with van der Waals surface area (Å²) in [7, 11) is 0. The Hall–Kier alpha value is -1.04. The molecule has 88 valence electrons. The summed E-state index contributed by atoms with van der Waals surface area (Å²) in [5.41, 5.74) is -0.717. The number of amides is 1. The summed E-state index contributed by atoms with van der Waals surface area (Å²) in [4.78, 5) is 12.1. The molecule has 2 saturated carbocycles. The van der Waals surface area contributed by atoms with Gasteiger partial charge in [-0.05, 0) is 31.6 Å². The molecule has 0 atom stereocenters. The predicted molar refractivity (Wildman–Crippen MR) is 61.5 cm³/mol. The second kappa shape index (κ2) is 4.86. The van der Waals surface area contributed by atoms with Gasteiger partial charge in [0, 0.05) is 6.54 Å². The number of nitrogens with one attached hydrogen (secondary N) is 1. The smallest absolute Gasteiger partial charge is 0.240 e. The molecule has 2 fully saturated rings. The molecule has 0 spiro atoms. The highest BCUT2D eigenvalue weighted by Crippen LogP contribution is 2.35. The minimum atomic E-state index is -0.717. The maximum absolute atomic E-state index is 12.1. The molecule has 1 amide bonds. The van der Waals surface area contributed by atoms with Gasteiger partial charge in [0.05, 0.1) is 6.07 Å². The van der Waals surface area contributed by atoms with Crippen molar-refractivity contribution in [2.45, 2.75) is 51.4 Å². The van der Waals surface area contributed by atoms with Crippen molar-refractivity contribution in [2.24, 2.45) is 11.3 Å². The first-order chi connectivity index (χ1) is 7.77. The molecular weight excluding hydrogens is 200 g/mol. The highest BCUT2D eigenvalue weighted by atomic mass is 16.2. The first-order valence-corrected chi connectivity index (χ1v) is 6.46. The third kappa shape index (κ3) is 2.55. The van der Waals surface area contributed by atoms with Crippen LogP contribution in [-0.2, 0) is 4.79 Å². The average molecular weight is 220 g/mol. The predicted octanol–water partition coefficient (Wildman–Crippen LogP) is 2.38. The number of rotatable bonds is 3. The van der Waals surface area contributed by atoms with E-state index in [-0.39, 0.29) is 5.91 Å². The number of hydrogen-bond donors (Lipinski definition) is 1. The van der Waals surface area contributed by atoms with Gasteiger partial charge in [-0.3, -0.25) is 4.79 Å². The van der Waals surface area contributed by atoms with E-state index in [9.17, 15) is 10.1 Å². The van der Waals surface area contributed by atoms with Gasteiger partial charge in [-0.2, -0.15) is 5.26 Å².